The monoisotopic (exact) mass is 254 g/mol. The van der Waals surface area contributed by atoms with Crippen LogP contribution in [0.25, 0.3) is 0 Å². The molecule has 0 atom stereocenters. The van der Waals surface area contributed by atoms with Crippen molar-refractivity contribution in [3.8, 4) is 0 Å². The predicted octanol–water partition coefficient (Wildman–Crippen LogP) is 2.21. The van der Waals surface area contributed by atoms with Gasteiger partial charge in [-0.2, -0.15) is 0 Å². The summed E-state index contributed by atoms with van der Waals surface area (Å²) in [6, 6.07) is 1.63. The predicted molar refractivity (Wildman–Crippen MR) is 58.9 cm³/mol. The highest BCUT2D eigenvalue weighted by Gasteiger charge is 2.21. The first kappa shape index (κ1) is 12.0. The quantitative estimate of drug-likeness (QED) is 0.647. The number of halogens is 2. The van der Waals surface area contributed by atoms with Crippen LogP contribution < -0.4 is 5.32 Å². The SMILES string of the molecule is O=[N+]([O-])c1ccc(F)c(F)c1NCc1cnc[nH]1. The summed E-state index contributed by atoms with van der Waals surface area (Å²) in [6.07, 6.45) is 2.88. The van der Waals surface area contributed by atoms with Crippen molar-refractivity contribution in [3.05, 3.63) is 52.1 Å². The first-order valence-corrected chi connectivity index (χ1v) is 4.93. The fraction of sp³-hybridized carbons (Fsp3) is 0.100. The molecular weight excluding hydrogens is 246 g/mol. The molecule has 1 aromatic heterocycles. The number of nitro groups is 1. The van der Waals surface area contributed by atoms with Crippen molar-refractivity contribution in [2.75, 3.05) is 5.32 Å². The number of H-pyrrole nitrogens is 1. The Morgan fingerprint density at radius 1 is 1.44 bits per heavy atom. The molecule has 0 saturated heterocycles. The van der Waals surface area contributed by atoms with E-state index in [1.165, 1.54) is 12.5 Å². The molecule has 2 aromatic rings. The number of nitro benzene ring substituents is 1. The number of anilines is 1. The number of nitrogens with zero attached hydrogens (tertiary/aromatic N) is 2. The van der Waals surface area contributed by atoms with Gasteiger partial charge in [0.25, 0.3) is 5.69 Å². The number of nitrogens with one attached hydrogen (secondary N) is 2. The number of rotatable bonds is 4. The molecular formula is C10H8F2N4O2. The Morgan fingerprint density at radius 3 is 2.83 bits per heavy atom. The lowest BCUT2D eigenvalue weighted by Gasteiger charge is -2.07. The average molecular weight is 254 g/mol. The van der Waals surface area contributed by atoms with E-state index < -0.39 is 27.9 Å². The van der Waals surface area contributed by atoms with Crippen LogP contribution in [0.15, 0.2) is 24.7 Å². The van der Waals surface area contributed by atoms with Gasteiger partial charge in [0, 0.05) is 12.3 Å². The first-order valence-electron chi connectivity index (χ1n) is 4.93. The van der Waals surface area contributed by atoms with Gasteiger partial charge < -0.3 is 10.3 Å². The van der Waals surface area contributed by atoms with Gasteiger partial charge in [-0.05, 0) is 6.07 Å². The van der Waals surface area contributed by atoms with Gasteiger partial charge in [0.15, 0.2) is 17.3 Å². The molecule has 0 fully saturated rings. The average Bonchev–Trinajstić information content (AvgIpc) is 2.83. The van der Waals surface area contributed by atoms with Crippen molar-refractivity contribution in [2.24, 2.45) is 0 Å². The van der Waals surface area contributed by atoms with Crippen LogP contribution in [0.5, 0.6) is 0 Å². The fourth-order valence-electron chi connectivity index (χ4n) is 1.43. The highest BCUT2D eigenvalue weighted by molar-refractivity contribution is 5.62. The van der Waals surface area contributed by atoms with Gasteiger partial charge in [-0.1, -0.05) is 0 Å². The summed E-state index contributed by atoms with van der Waals surface area (Å²) >= 11 is 0. The Kier molecular flexibility index (Phi) is 3.18. The smallest absolute Gasteiger partial charge is 0.295 e. The minimum Gasteiger partial charge on any atom is -0.371 e. The Bertz CT molecular complexity index is 572. The molecule has 0 saturated carbocycles. The van der Waals surface area contributed by atoms with E-state index in [0.717, 1.165) is 12.1 Å². The summed E-state index contributed by atoms with van der Waals surface area (Å²) in [5.41, 5.74) is -0.407. The number of aromatic nitrogens is 2. The van der Waals surface area contributed by atoms with Crippen LogP contribution >= 0.6 is 0 Å². The molecule has 94 valence electrons. The van der Waals surface area contributed by atoms with Crippen LogP contribution in [0.3, 0.4) is 0 Å². The largest absolute Gasteiger partial charge is 0.371 e. The van der Waals surface area contributed by atoms with Gasteiger partial charge in [-0.15, -0.1) is 0 Å². The lowest BCUT2D eigenvalue weighted by molar-refractivity contribution is -0.384. The van der Waals surface area contributed by atoms with Crippen molar-refractivity contribution in [2.45, 2.75) is 6.54 Å². The van der Waals surface area contributed by atoms with Crippen molar-refractivity contribution >= 4 is 11.4 Å². The third-order valence-corrected chi connectivity index (χ3v) is 2.28. The van der Waals surface area contributed by atoms with Crippen molar-refractivity contribution < 1.29 is 13.7 Å². The maximum absolute atomic E-state index is 13.5. The van der Waals surface area contributed by atoms with Gasteiger partial charge in [0.2, 0.25) is 0 Å². The molecule has 0 spiro atoms. The Labute approximate surface area is 99.8 Å². The second-order valence-corrected chi connectivity index (χ2v) is 3.44. The zero-order valence-corrected chi connectivity index (χ0v) is 8.98. The summed E-state index contributed by atoms with van der Waals surface area (Å²) in [7, 11) is 0. The minimum atomic E-state index is -1.27. The minimum absolute atomic E-state index is 0.0706. The zero-order valence-electron chi connectivity index (χ0n) is 8.98. The van der Waals surface area contributed by atoms with Crippen LogP contribution in [0, 0.1) is 21.7 Å². The number of aromatic amines is 1. The molecule has 0 aliphatic heterocycles. The summed E-state index contributed by atoms with van der Waals surface area (Å²) < 4.78 is 26.5. The summed E-state index contributed by atoms with van der Waals surface area (Å²) in [5.74, 6) is -2.42. The third-order valence-electron chi connectivity index (χ3n) is 2.28. The number of imidazole rings is 1. The van der Waals surface area contributed by atoms with Crippen LogP contribution in [-0.2, 0) is 6.54 Å². The number of benzene rings is 1. The first-order chi connectivity index (χ1) is 8.59. The summed E-state index contributed by atoms with van der Waals surface area (Å²) in [5, 5.41) is 13.2. The van der Waals surface area contributed by atoms with E-state index in [9.17, 15) is 18.9 Å². The van der Waals surface area contributed by atoms with Gasteiger partial charge in [0.1, 0.15) is 0 Å². The maximum Gasteiger partial charge on any atom is 0.295 e. The molecule has 0 amide bonds. The van der Waals surface area contributed by atoms with E-state index in [0.29, 0.717) is 5.69 Å². The Morgan fingerprint density at radius 2 is 2.22 bits per heavy atom. The van der Waals surface area contributed by atoms with E-state index in [1.807, 2.05) is 0 Å². The normalized spacial score (nSPS) is 10.3. The molecule has 0 aliphatic rings. The molecule has 1 heterocycles. The van der Waals surface area contributed by atoms with Crippen LogP contribution in [0.1, 0.15) is 5.69 Å². The molecule has 8 heteroatoms. The highest BCUT2D eigenvalue weighted by Crippen LogP contribution is 2.29. The second kappa shape index (κ2) is 4.78. The van der Waals surface area contributed by atoms with E-state index in [4.69, 9.17) is 0 Å². The van der Waals surface area contributed by atoms with Gasteiger partial charge >= 0.3 is 0 Å². The van der Waals surface area contributed by atoms with Crippen molar-refractivity contribution in [1.29, 1.82) is 0 Å². The lowest BCUT2D eigenvalue weighted by atomic mass is 10.2. The molecule has 6 nitrogen and oxygen atoms in total. The van der Waals surface area contributed by atoms with Gasteiger partial charge in [-0.3, -0.25) is 10.1 Å². The van der Waals surface area contributed by atoms with E-state index in [-0.39, 0.29) is 6.54 Å². The Hall–Kier alpha value is -2.51. The Balaban J connectivity index is 2.30. The fourth-order valence-corrected chi connectivity index (χ4v) is 1.43. The van der Waals surface area contributed by atoms with Crippen LogP contribution in [0.2, 0.25) is 0 Å². The molecule has 1 aromatic carbocycles. The lowest BCUT2D eigenvalue weighted by Crippen LogP contribution is -2.06. The summed E-state index contributed by atoms with van der Waals surface area (Å²) in [4.78, 5) is 16.4. The summed E-state index contributed by atoms with van der Waals surface area (Å²) in [6.45, 7) is 0.0706. The van der Waals surface area contributed by atoms with Crippen LogP contribution in [0.4, 0.5) is 20.2 Å². The molecule has 2 N–H and O–H groups in total. The molecule has 0 bridgehead atoms. The zero-order chi connectivity index (χ0) is 13.1. The molecule has 0 aliphatic carbocycles. The second-order valence-electron chi connectivity index (χ2n) is 3.44. The topological polar surface area (TPSA) is 83.8 Å². The van der Waals surface area contributed by atoms with Crippen molar-refractivity contribution in [1.82, 2.24) is 9.97 Å². The van der Waals surface area contributed by atoms with E-state index in [2.05, 4.69) is 15.3 Å². The van der Waals surface area contributed by atoms with Gasteiger partial charge in [0.05, 0.1) is 23.5 Å². The molecule has 0 unspecified atom stereocenters. The molecule has 0 radical (unpaired) electrons. The molecule has 2 rings (SSSR count). The number of hydrogen-bond acceptors (Lipinski definition) is 4. The van der Waals surface area contributed by atoms with E-state index in [1.54, 1.807) is 0 Å². The number of hydrogen-bond donors (Lipinski definition) is 2. The van der Waals surface area contributed by atoms with Crippen molar-refractivity contribution in [3.63, 3.8) is 0 Å². The standard InChI is InChI=1S/C10H8F2N4O2/c11-7-1-2-8(16(17)18)10(9(7)12)14-4-6-3-13-5-15-6/h1-3,5,14H,4H2,(H,13,15). The maximum atomic E-state index is 13.5. The highest BCUT2D eigenvalue weighted by atomic mass is 19.2. The van der Waals surface area contributed by atoms with Crippen LogP contribution in [-0.4, -0.2) is 14.9 Å². The van der Waals surface area contributed by atoms with Gasteiger partial charge in [-0.25, -0.2) is 13.8 Å². The third kappa shape index (κ3) is 2.26. The van der Waals surface area contributed by atoms with E-state index >= 15 is 0 Å². The molecule has 18 heavy (non-hydrogen) atoms.